The van der Waals surface area contributed by atoms with Gasteiger partial charge in [0.1, 0.15) is 12.7 Å². The number of carbonyl (C=O) groups excluding carboxylic acids is 1. The maximum Gasteiger partial charge on any atom is 0.523 e. The molecule has 0 aromatic carbocycles. The Morgan fingerprint density at radius 2 is 2.12 bits per heavy atom. The van der Waals surface area contributed by atoms with Crippen LogP contribution in [-0.2, 0) is 19.0 Å². The molecule has 0 N–H and O–H groups in total. The van der Waals surface area contributed by atoms with Gasteiger partial charge in [-0.25, -0.2) is 4.79 Å². The predicted molar refractivity (Wildman–Crippen MR) is 43.8 cm³/mol. The van der Waals surface area contributed by atoms with Gasteiger partial charge in [0.2, 0.25) is 0 Å². The zero-order valence-corrected chi connectivity index (χ0v) is 8.84. The zero-order chi connectivity index (χ0) is 12.6. The van der Waals surface area contributed by atoms with E-state index in [1.165, 1.54) is 7.05 Å². The summed E-state index contributed by atoms with van der Waals surface area (Å²) in [4.78, 5) is 11.9. The van der Waals surface area contributed by atoms with Crippen LogP contribution in [0.15, 0.2) is 0 Å². The summed E-state index contributed by atoms with van der Waals surface area (Å²) >= 11 is 0. The van der Waals surface area contributed by atoms with E-state index in [9.17, 15) is 26.4 Å². The van der Waals surface area contributed by atoms with Crippen molar-refractivity contribution >= 4 is 16.2 Å². The van der Waals surface area contributed by atoms with Crippen molar-refractivity contribution in [1.82, 2.24) is 4.90 Å². The third-order valence-electron chi connectivity index (χ3n) is 1.75. The molecule has 1 rings (SSSR count). The van der Waals surface area contributed by atoms with Crippen molar-refractivity contribution < 1.29 is 35.3 Å². The van der Waals surface area contributed by atoms with E-state index in [1.54, 1.807) is 0 Å². The Bertz CT molecular complexity index is 378. The van der Waals surface area contributed by atoms with Gasteiger partial charge in [0.05, 0.1) is 6.54 Å². The number of hydrogen-bond acceptors (Lipinski definition) is 5. The number of hydrogen-bond donors (Lipinski definition) is 0. The number of ether oxygens (including phenoxy) is 1. The Morgan fingerprint density at radius 3 is 2.50 bits per heavy atom. The second-order valence-electron chi connectivity index (χ2n) is 3.07. The molecule has 0 radical (unpaired) electrons. The van der Waals surface area contributed by atoms with Gasteiger partial charge in [0.15, 0.2) is 0 Å². The van der Waals surface area contributed by atoms with E-state index in [2.05, 4.69) is 8.92 Å². The molecule has 1 aliphatic heterocycles. The lowest BCUT2D eigenvalue weighted by atomic mass is 10.4. The van der Waals surface area contributed by atoms with Crippen molar-refractivity contribution in [1.29, 1.82) is 0 Å². The highest BCUT2D eigenvalue weighted by atomic mass is 32.2. The van der Waals surface area contributed by atoms with Gasteiger partial charge in [-0.1, -0.05) is 0 Å². The largest absolute Gasteiger partial charge is 0.523 e. The fourth-order valence-corrected chi connectivity index (χ4v) is 1.43. The van der Waals surface area contributed by atoms with Crippen LogP contribution in [0.2, 0.25) is 0 Å². The standard InChI is InChI=1S/C6H8F3NO5S/c1-10-2-4(15-5(10)11)3-14-16(12,13)6(7,8)9/h4H,2-3H2,1H3. The summed E-state index contributed by atoms with van der Waals surface area (Å²) in [5, 5.41) is 0. The second-order valence-corrected chi connectivity index (χ2v) is 4.68. The molecule has 0 aromatic rings. The zero-order valence-electron chi connectivity index (χ0n) is 8.02. The van der Waals surface area contributed by atoms with E-state index in [0.717, 1.165) is 4.90 Å². The fourth-order valence-electron chi connectivity index (χ4n) is 0.969. The molecular weight excluding hydrogens is 255 g/mol. The highest BCUT2D eigenvalue weighted by Crippen LogP contribution is 2.25. The van der Waals surface area contributed by atoms with Gasteiger partial charge in [-0.15, -0.1) is 0 Å². The first-order valence-electron chi connectivity index (χ1n) is 4.01. The molecule has 1 saturated heterocycles. The maximum atomic E-state index is 11.8. The number of likely N-dealkylation sites (N-methyl/N-ethyl adjacent to an activating group) is 1. The summed E-state index contributed by atoms with van der Waals surface area (Å²) in [6, 6.07) is 0. The smallest absolute Gasteiger partial charge is 0.442 e. The van der Waals surface area contributed by atoms with E-state index in [-0.39, 0.29) is 6.54 Å². The molecule has 0 saturated carbocycles. The minimum absolute atomic E-state index is 0.0216. The lowest BCUT2D eigenvalue weighted by Crippen LogP contribution is -2.30. The first-order chi connectivity index (χ1) is 7.13. The Labute approximate surface area is 89.0 Å². The SMILES string of the molecule is CN1CC(COS(=O)(=O)C(F)(F)F)OC1=O. The first-order valence-corrected chi connectivity index (χ1v) is 5.42. The Morgan fingerprint density at radius 1 is 1.56 bits per heavy atom. The molecule has 6 nitrogen and oxygen atoms in total. The molecule has 0 aliphatic carbocycles. The molecule has 1 heterocycles. The minimum atomic E-state index is -5.63. The van der Waals surface area contributed by atoms with Crippen LogP contribution in [0.5, 0.6) is 0 Å². The molecule has 0 bridgehead atoms. The number of rotatable bonds is 3. The van der Waals surface area contributed by atoms with Gasteiger partial charge in [-0.2, -0.15) is 21.6 Å². The monoisotopic (exact) mass is 263 g/mol. The predicted octanol–water partition coefficient (Wildman–Crippen LogP) is 0.303. The van der Waals surface area contributed by atoms with Gasteiger partial charge in [-0.3, -0.25) is 4.18 Å². The molecule has 10 heteroatoms. The van der Waals surface area contributed by atoms with Gasteiger partial charge < -0.3 is 9.64 Å². The minimum Gasteiger partial charge on any atom is -0.442 e. The van der Waals surface area contributed by atoms with Crippen LogP contribution in [0.25, 0.3) is 0 Å². The van der Waals surface area contributed by atoms with Crippen molar-refractivity contribution in [3.05, 3.63) is 0 Å². The van der Waals surface area contributed by atoms with Crippen molar-refractivity contribution in [2.24, 2.45) is 0 Å². The maximum absolute atomic E-state index is 11.8. The van der Waals surface area contributed by atoms with E-state index in [0.29, 0.717) is 0 Å². The second kappa shape index (κ2) is 4.09. The van der Waals surface area contributed by atoms with Crippen LogP contribution in [0.1, 0.15) is 0 Å². The number of amides is 1. The summed E-state index contributed by atoms with van der Waals surface area (Å²) in [7, 11) is -4.27. The highest BCUT2D eigenvalue weighted by molar-refractivity contribution is 7.87. The Kier molecular flexibility index (Phi) is 3.33. The number of cyclic esters (lactones) is 1. The third kappa shape index (κ3) is 2.76. The van der Waals surface area contributed by atoms with E-state index in [4.69, 9.17) is 0 Å². The molecule has 94 valence electrons. The molecule has 0 aromatic heterocycles. The number of alkyl halides is 3. The lowest BCUT2D eigenvalue weighted by Gasteiger charge is -2.10. The van der Waals surface area contributed by atoms with Gasteiger partial charge in [0, 0.05) is 7.05 Å². The average molecular weight is 263 g/mol. The summed E-state index contributed by atoms with van der Waals surface area (Å²) < 4.78 is 64.7. The summed E-state index contributed by atoms with van der Waals surface area (Å²) in [6.45, 7) is -0.871. The fraction of sp³-hybridized carbons (Fsp3) is 0.833. The molecule has 1 atom stereocenters. The van der Waals surface area contributed by atoms with Gasteiger partial charge >= 0.3 is 21.7 Å². The van der Waals surface area contributed by atoms with Gasteiger partial charge in [0.25, 0.3) is 0 Å². The normalized spacial score (nSPS) is 22.4. The number of nitrogens with zero attached hydrogens (tertiary/aromatic N) is 1. The molecule has 16 heavy (non-hydrogen) atoms. The lowest BCUT2D eigenvalue weighted by molar-refractivity contribution is -0.0559. The number of carbonyl (C=O) groups is 1. The average Bonchev–Trinajstić information content (AvgIpc) is 2.41. The summed E-state index contributed by atoms with van der Waals surface area (Å²) in [5.74, 6) is 0. The van der Waals surface area contributed by atoms with Crippen LogP contribution in [0.3, 0.4) is 0 Å². The van der Waals surface area contributed by atoms with Crippen LogP contribution in [0.4, 0.5) is 18.0 Å². The Balaban J connectivity index is 2.51. The van der Waals surface area contributed by atoms with Gasteiger partial charge in [-0.05, 0) is 0 Å². The third-order valence-corrected chi connectivity index (χ3v) is 2.76. The first kappa shape index (κ1) is 13.0. The van der Waals surface area contributed by atoms with Crippen LogP contribution < -0.4 is 0 Å². The molecule has 0 spiro atoms. The van der Waals surface area contributed by atoms with Crippen molar-refractivity contribution in [2.45, 2.75) is 11.6 Å². The van der Waals surface area contributed by atoms with Crippen molar-refractivity contribution in [3.63, 3.8) is 0 Å². The quantitative estimate of drug-likeness (QED) is 0.541. The van der Waals surface area contributed by atoms with Crippen molar-refractivity contribution in [3.8, 4) is 0 Å². The van der Waals surface area contributed by atoms with Crippen LogP contribution in [0, 0.1) is 0 Å². The van der Waals surface area contributed by atoms with E-state index < -0.39 is 34.4 Å². The molecule has 1 unspecified atom stereocenters. The molecule has 1 amide bonds. The van der Waals surface area contributed by atoms with Crippen LogP contribution >= 0.6 is 0 Å². The topological polar surface area (TPSA) is 72.9 Å². The van der Waals surface area contributed by atoms with E-state index >= 15 is 0 Å². The molecule has 1 aliphatic rings. The van der Waals surface area contributed by atoms with Crippen LogP contribution in [-0.4, -0.2) is 51.2 Å². The summed E-state index contributed by atoms with van der Waals surface area (Å²) in [6.07, 6.45) is -1.76. The number of halogens is 3. The molecular formula is C6H8F3NO5S. The summed E-state index contributed by atoms with van der Waals surface area (Å²) in [5.41, 5.74) is -5.47. The highest BCUT2D eigenvalue weighted by Gasteiger charge is 2.48. The Hall–Kier alpha value is -1.03. The van der Waals surface area contributed by atoms with Crippen molar-refractivity contribution in [2.75, 3.05) is 20.2 Å². The molecule has 1 fully saturated rings. The van der Waals surface area contributed by atoms with E-state index in [1.807, 2.05) is 0 Å².